The van der Waals surface area contributed by atoms with Crippen LogP contribution >= 0.6 is 11.3 Å². The average Bonchev–Trinajstić information content (AvgIpc) is 3.14. The molecule has 4 aromatic rings. The fourth-order valence-electron chi connectivity index (χ4n) is 2.70. The van der Waals surface area contributed by atoms with E-state index in [-0.39, 0.29) is 11.5 Å². The predicted molar refractivity (Wildman–Crippen MR) is 106 cm³/mol. The number of rotatable bonds is 5. The van der Waals surface area contributed by atoms with Crippen molar-refractivity contribution in [3.8, 4) is 11.3 Å². The monoisotopic (exact) mass is 376 g/mol. The lowest BCUT2D eigenvalue weighted by atomic mass is 10.1. The highest BCUT2D eigenvalue weighted by Crippen LogP contribution is 2.21. The van der Waals surface area contributed by atoms with Crippen LogP contribution in [0.3, 0.4) is 0 Å². The van der Waals surface area contributed by atoms with Crippen LogP contribution in [0.4, 0.5) is 0 Å². The van der Waals surface area contributed by atoms with Crippen LogP contribution in [-0.4, -0.2) is 27.0 Å². The smallest absolute Gasteiger partial charge is 0.280 e. The minimum absolute atomic E-state index is 0.155. The zero-order valence-electron chi connectivity index (χ0n) is 14.3. The van der Waals surface area contributed by atoms with Crippen LogP contribution in [0.5, 0.6) is 0 Å². The number of benzene rings is 2. The van der Waals surface area contributed by atoms with Crippen molar-refractivity contribution in [3.63, 3.8) is 0 Å². The molecule has 2 aromatic carbocycles. The van der Waals surface area contributed by atoms with Crippen LogP contribution in [0.1, 0.15) is 9.80 Å². The maximum Gasteiger partial charge on any atom is 0.280 e. The molecule has 1 N–H and O–H groups in total. The van der Waals surface area contributed by atoms with Gasteiger partial charge >= 0.3 is 0 Å². The highest BCUT2D eigenvalue weighted by atomic mass is 32.1. The quantitative estimate of drug-likeness (QED) is 0.581. The van der Waals surface area contributed by atoms with Crippen LogP contribution in [0.25, 0.3) is 21.5 Å². The number of hydrogen-bond donors (Lipinski definition) is 1. The molecule has 0 aliphatic rings. The Morgan fingerprint density at radius 2 is 1.85 bits per heavy atom. The summed E-state index contributed by atoms with van der Waals surface area (Å²) >= 11 is 1.35. The van der Waals surface area contributed by atoms with E-state index >= 15 is 0 Å². The minimum Gasteiger partial charge on any atom is -0.348 e. The first-order chi connectivity index (χ1) is 13.2. The Hall–Kier alpha value is -3.32. The van der Waals surface area contributed by atoms with Gasteiger partial charge in [-0.3, -0.25) is 14.2 Å². The topological polar surface area (TPSA) is 76.9 Å². The van der Waals surface area contributed by atoms with E-state index < -0.39 is 0 Å². The normalized spacial score (nSPS) is 10.8. The van der Waals surface area contributed by atoms with E-state index in [0.717, 1.165) is 15.8 Å². The van der Waals surface area contributed by atoms with Gasteiger partial charge in [-0.05, 0) is 12.1 Å². The Morgan fingerprint density at radius 3 is 2.63 bits per heavy atom. The van der Waals surface area contributed by atoms with Crippen molar-refractivity contribution < 1.29 is 4.79 Å². The number of nitrogens with one attached hydrogen (secondary N) is 1. The minimum atomic E-state index is -0.238. The lowest BCUT2D eigenvalue weighted by Crippen LogP contribution is -2.30. The van der Waals surface area contributed by atoms with Crippen LogP contribution < -0.4 is 10.9 Å². The number of nitrogens with zero attached hydrogens (tertiary/aromatic N) is 3. The van der Waals surface area contributed by atoms with Crippen molar-refractivity contribution in [1.29, 1.82) is 0 Å². The van der Waals surface area contributed by atoms with Crippen LogP contribution in [-0.2, 0) is 6.54 Å². The largest absolute Gasteiger partial charge is 0.348 e. The second kappa shape index (κ2) is 7.51. The van der Waals surface area contributed by atoms with Gasteiger partial charge in [0.1, 0.15) is 0 Å². The Balaban J connectivity index is 1.40. The van der Waals surface area contributed by atoms with Gasteiger partial charge in [0.15, 0.2) is 5.01 Å². The number of amides is 1. The van der Waals surface area contributed by atoms with E-state index in [1.54, 1.807) is 0 Å². The molecule has 2 aromatic heterocycles. The second-order valence-corrected chi connectivity index (χ2v) is 6.95. The molecule has 0 aliphatic heterocycles. The molecule has 7 heteroatoms. The Labute approximate surface area is 159 Å². The van der Waals surface area contributed by atoms with Gasteiger partial charge < -0.3 is 5.32 Å². The summed E-state index contributed by atoms with van der Waals surface area (Å²) in [7, 11) is 0. The van der Waals surface area contributed by atoms with Gasteiger partial charge in [-0.1, -0.05) is 42.5 Å². The highest BCUT2D eigenvalue weighted by Gasteiger charge is 2.11. The number of aromatic nitrogens is 3. The predicted octanol–water partition coefficient (Wildman–Crippen LogP) is 2.95. The summed E-state index contributed by atoms with van der Waals surface area (Å²) in [6.45, 7) is 0.665. The van der Waals surface area contributed by atoms with E-state index in [1.807, 2.05) is 54.6 Å². The van der Waals surface area contributed by atoms with Crippen LogP contribution in [0.2, 0.25) is 0 Å². The molecular formula is C20H16N4O2S. The number of carbonyl (C=O) groups excluding carboxylic acids is 1. The molecule has 1 amide bonds. The SMILES string of the molecule is O=C(NCCn1cnc(-c2ccccc2)cc1=O)c1nc2ccccc2s1. The molecule has 0 atom stereocenters. The van der Waals surface area contributed by atoms with Crippen molar-refractivity contribution in [2.24, 2.45) is 0 Å². The molecule has 6 nitrogen and oxygen atoms in total. The lowest BCUT2D eigenvalue weighted by molar-refractivity contribution is 0.0952. The first-order valence-corrected chi connectivity index (χ1v) is 9.28. The average molecular weight is 376 g/mol. The molecular weight excluding hydrogens is 360 g/mol. The summed E-state index contributed by atoms with van der Waals surface area (Å²) in [5.74, 6) is -0.238. The van der Waals surface area contributed by atoms with Gasteiger partial charge in [0.2, 0.25) is 0 Å². The molecule has 2 heterocycles. The van der Waals surface area contributed by atoms with Crippen molar-refractivity contribution >= 4 is 27.5 Å². The highest BCUT2D eigenvalue weighted by molar-refractivity contribution is 7.20. The Bertz CT molecular complexity index is 1120. The Morgan fingerprint density at radius 1 is 1.07 bits per heavy atom. The van der Waals surface area contributed by atoms with Crippen molar-refractivity contribution in [2.45, 2.75) is 6.54 Å². The molecule has 0 bridgehead atoms. The van der Waals surface area contributed by atoms with Gasteiger partial charge in [-0.15, -0.1) is 11.3 Å². The van der Waals surface area contributed by atoms with Crippen molar-refractivity contribution in [1.82, 2.24) is 19.9 Å². The number of hydrogen-bond acceptors (Lipinski definition) is 5. The molecule has 134 valence electrons. The number of thiazole rings is 1. The number of para-hydroxylation sites is 1. The van der Waals surface area contributed by atoms with Gasteiger partial charge in [0.25, 0.3) is 11.5 Å². The molecule has 0 fully saturated rings. The van der Waals surface area contributed by atoms with E-state index in [4.69, 9.17) is 0 Å². The number of fused-ring (bicyclic) bond motifs is 1. The van der Waals surface area contributed by atoms with Gasteiger partial charge in [0, 0.05) is 24.7 Å². The summed E-state index contributed by atoms with van der Waals surface area (Å²) < 4.78 is 2.45. The third-order valence-corrected chi connectivity index (χ3v) is 5.11. The van der Waals surface area contributed by atoms with Gasteiger partial charge in [-0.25, -0.2) is 9.97 Å². The molecule has 0 saturated heterocycles. The summed E-state index contributed by atoms with van der Waals surface area (Å²) in [5.41, 5.74) is 2.18. The summed E-state index contributed by atoms with van der Waals surface area (Å²) in [4.78, 5) is 33.2. The summed E-state index contributed by atoms with van der Waals surface area (Å²) in [6.07, 6.45) is 1.51. The molecule has 0 unspecified atom stereocenters. The molecule has 0 aliphatic carbocycles. The second-order valence-electron chi connectivity index (χ2n) is 5.91. The molecule has 0 radical (unpaired) electrons. The van der Waals surface area contributed by atoms with Crippen molar-refractivity contribution in [2.75, 3.05) is 6.54 Å². The zero-order chi connectivity index (χ0) is 18.6. The standard InChI is InChI=1S/C20H16N4O2S/c25-18-12-16(14-6-2-1-3-7-14)22-13-24(18)11-10-21-19(26)20-23-15-8-4-5-9-17(15)27-20/h1-9,12-13H,10-11H2,(H,21,26). The third-order valence-electron chi connectivity index (χ3n) is 4.08. The van der Waals surface area contributed by atoms with Crippen molar-refractivity contribution in [3.05, 3.63) is 82.4 Å². The van der Waals surface area contributed by atoms with Gasteiger partial charge in [-0.2, -0.15) is 0 Å². The van der Waals surface area contributed by atoms with Crippen LogP contribution in [0.15, 0.2) is 71.8 Å². The Kier molecular flexibility index (Phi) is 4.76. The first-order valence-electron chi connectivity index (χ1n) is 8.46. The van der Waals surface area contributed by atoms with E-state index in [2.05, 4.69) is 15.3 Å². The van der Waals surface area contributed by atoms with E-state index in [0.29, 0.717) is 23.8 Å². The maximum absolute atomic E-state index is 12.3. The fourth-order valence-corrected chi connectivity index (χ4v) is 3.58. The van der Waals surface area contributed by atoms with Crippen LogP contribution in [0, 0.1) is 0 Å². The van der Waals surface area contributed by atoms with E-state index in [1.165, 1.54) is 28.3 Å². The summed E-state index contributed by atoms with van der Waals surface area (Å²) in [6, 6.07) is 18.7. The molecule has 27 heavy (non-hydrogen) atoms. The number of carbonyl (C=O) groups is 1. The summed E-state index contributed by atoms with van der Waals surface area (Å²) in [5, 5.41) is 3.22. The van der Waals surface area contributed by atoms with Gasteiger partial charge in [0.05, 0.1) is 22.2 Å². The zero-order valence-corrected chi connectivity index (χ0v) is 15.1. The third kappa shape index (κ3) is 3.78. The molecule has 0 saturated carbocycles. The maximum atomic E-state index is 12.3. The fraction of sp³-hybridized carbons (Fsp3) is 0.100. The van der Waals surface area contributed by atoms with E-state index in [9.17, 15) is 9.59 Å². The lowest BCUT2D eigenvalue weighted by Gasteiger charge is -2.07. The molecule has 0 spiro atoms. The first kappa shape index (κ1) is 17.1. The molecule has 4 rings (SSSR count).